The van der Waals surface area contributed by atoms with Crippen LogP contribution in [0.25, 0.3) is 0 Å². The van der Waals surface area contributed by atoms with E-state index in [4.69, 9.17) is 4.52 Å². The Balaban J connectivity index is 1.79. The van der Waals surface area contributed by atoms with E-state index in [-0.39, 0.29) is 11.9 Å². The Morgan fingerprint density at radius 2 is 2.64 bits per heavy atom. The van der Waals surface area contributed by atoms with Crippen LogP contribution < -0.4 is 10.6 Å². The average Bonchev–Trinajstić information content (AvgIpc) is 2.45. The summed E-state index contributed by atoms with van der Waals surface area (Å²) >= 11 is 0. The van der Waals surface area contributed by atoms with Gasteiger partial charge in [-0.25, -0.2) is 0 Å². The Bertz CT molecular complexity index is 331. The van der Waals surface area contributed by atoms with Gasteiger partial charge in [0.05, 0.1) is 12.6 Å². The molecule has 0 bridgehead atoms. The van der Waals surface area contributed by atoms with Gasteiger partial charge in [0.25, 0.3) is 0 Å². The topological polar surface area (TPSA) is 67.2 Å². The first-order valence-electron chi connectivity index (χ1n) is 4.69. The Kier molecular flexibility index (Phi) is 2.49. The molecule has 1 fully saturated rings. The molecule has 0 aromatic carbocycles. The van der Waals surface area contributed by atoms with Crippen LogP contribution in [0.2, 0.25) is 0 Å². The number of nitrogens with one attached hydrogen (secondary N) is 2. The summed E-state index contributed by atoms with van der Waals surface area (Å²) in [6, 6.07) is 1.80. The number of carbonyl (C=O) groups is 1. The second-order valence-corrected chi connectivity index (χ2v) is 3.44. The first kappa shape index (κ1) is 9.21. The quantitative estimate of drug-likeness (QED) is 0.710. The fourth-order valence-corrected chi connectivity index (χ4v) is 1.31. The van der Waals surface area contributed by atoms with Crippen molar-refractivity contribution in [2.45, 2.75) is 25.9 Å². The van der Waals surface area contributed by atoms with Crippen LogP contribution in [0.1, 0.15) is 17.9 Å². The number of hydrogen-bond donors (Lipinski definition) is 2. The Morgan fingerprint density at radius 3 is 3.14 bits per heavy atom. The highest BCUT2D eigenvalue weighted by Crippen LogP contribution is 2.03. The van der Waals surface area contributed by atoms with Gasteiger partial charge < -0.3 is 15.2 Å². The third kappa shape index (κ3) is 1.93. The van der Waals surface area contributed by atoms with Crippen molar-refractivity contribution in [3.8, 4) is 0 Å². The van der Waals surface area contributed by atoms with Crippen LogP contribution in [0, 0.1) is 6.92 Å². The van der Waals surface area contributed by atoms with Gasteiger partial charge in [-0.3, -0.25) is 4.79 Å². The predicted octanol–water partition coefficient (Wildman–Crippen LogP) is -0.0389. The number of aromatic nitrogens is 1. The summed E-state index contributed by atoms with van der Waals surface area (Å²) in [5, 5.41) is 9.60. The average molecular weight is 195 g/mol. The molecule has 2 N–H and O–H groups in total. The van der Waals surface area contributed by atoms with Crippen LogP contribution in [-0.2, 0) is 11.3 Å². The van der Waals surface area contributed by atoms with E-state index in [1.807, 2.05) is 13.0 Å². The number of carbonyl (C=O) groups excluding carboxylic acids is 1. The zero-order valence-corrected chi connectivity index (χ0v) is 8.04. The summed E-state index contributed by atoms with van der Waals surface area (Å²) < 4.78 is 4.88. The number of rotatable bonds is 3. The molecule has 2 rings (SSSR count). The van der Waals surface area contributed by atoms with E-state index in [9.17, 15) is 4.79 Å². The largest absolute Gasteiger partial charge is 0.361 e. The molecule has 1 aliphatic rings. The van der Waals surface area contributed by atoms with Gasteiger partial charge in [-0.05, 0) is 19.9 Å². The van der Waals surface area contributed by atoms with Crippen LogP contribution in [0.15, 0.2) is 10.6 Å². The van der Waals surface area contributed by atoms with E-state index in [1.54, 1.807) is 0 Å². The Hall–Kier alpha value is -1.36. The van der Waals surface area contributed by atoms with Crippen LogP contribution in [0.4, 0.5) is 0 Å². The highest BCUT2D eigenvalue weighted by molar-refractivity contribution is 5.82. The molecule has 14 heavy (non-hydrogen) atoms. The zero-order valence-electron chi connectivity index (χ0n) is 8.04. The second kappa shape index (κ2) is 3.79. The van der Waals surface area contributed by atoms with Crippen LogP contribution >= 0.6 is 0 Å². The van der Waals surface area contributed by atoms with Crippen molar-refractivity contribution in [3.63, 3.8) is 0 Å². The van der Waals surface area contributed by atoms with Crippen molar-refractivity contribution in [1.29, 1.82) is 0 Å². The first-order valence-corrected chi connectivity index (χ1v) is 4.69. The molecule has 1 aromatic rings. The molecule has 76 valence electrons. The number of aryl methyl sites for hydroxylation is 1. The highest BCUT2D eigenvalue weighted by atomic mass is 16.5. The summed E-state index contributed by atoms with van der Waals surface area (Å²) in [5.41, 5.74) is 0.759. The molecule has 2 heterocycles. The minimum Gasteiger partial charge on any atom is -0.361 e. The third-order valence-corrected chi connectivity index (χ3v) is 2.26. The fourth-order valence-electron chi connectivity index (χ4n) is 1.31. The zero-order chi connectivity index (χ0) is 9.97. The molecule has 1 aromatic heterocycles. The predicted molar refractivity (Wildman–Crippen MR) is 49.5 cm³/mol. The smallest absolute Gasteiger partial charge is 0.237 e. The summed E-state index contributed by atoms with van der Waals surface area (Å²) in [4.78, 5) is 11.4. The number of amides is 1. The summed E-state index contributed by atoms with van der Waals surface area (Å²) in [6.45, 7) is 3.20. The van der Waals surface area contributed by atoms with Crippen molar-refractivity contribution in [2.75, 3.05) is 6.54 Å². The third-order valence-electron chi connectivity index (χ3n) is 2.26. The second-order valence-electron chi connectivity index (χ2n) is 3.44. The Labute approximate surface area is 81.8 Å². The van der Waals surface area contributed by atoms with Crippen molar-refractivity contribution >= 4 is 5.91 Å². The number of hydrogen-bond acceptors (Lipinski definition) is 4. The maximum absolute atomic E-state index is 11.4. The van der Waals surface area contributed by atoms with E-state index < -0.39 is 0 Å². The lowest BCUT2D eigenvalue weighted by Gasteiger charge is -2.25. The lowest BCUT2D eigenvalue weighted by Crippen LogP contribution is -2.52. The van der Waals surface area contributed by atoms with Crippen LogP contribution in [0.3, 0.4) is 0 Å². The van der Waals surface area contributed by atoms with Gasteiger partial charge in [0, 0.05) is 6.07 Å². The van der Waals surface area contributed by atoms with Crippen LogP contribution in [0.5, 0.6) is 0 Å². The molecule has 0 spiro atoms. The molecular weight excluding hydrogens is 182 g/mol. The lowest BCUT2D eigenvalue weighted by atomic mass is 10.1. The van der Waals surface area contributed by atoms with E-state index in [1.165, 1.54) is 0 Å². The molecular formula is C9H13N3O2. The van der Waals surface area contributed by atoms with Crippen molar-refractivity contribution in [3.05, 3.63) is 17.5 Å². The van der Waals surface area contributed by atoms with Gasteiger partial charge in [-0.15, -0.1) is 0 Å². The summed E-state index contributed by atoms with van der Waals surface area (Å²) in [7, 11) is 0. The normalized spacial score (nSPS) is 20.2. The first-order chi connectivity index (χ1) is 6.75. The molecule has 5 nitrogen and oxygen atoms in total. The van der Waals surface area contributed by atoms with Gasteiger partial charge >= 0.3 is 0 Å². The lowest BCUT2D eigenvalue weighted by molar-refractivity contribution is -0.124. The molecule has 0 saturated carbocycles. The van der Waals surface area contributed by atoms with Crippen molar-refractivity contribution < 1.29 is 9.32 Å². The maximum Gasteiger partial charge on any atom is 0.237 e. The molecule has 0 radical (unpaired) electrons. The van der Waals surface area contributed by atoms with Crippen molar-refractivity contribution in [1.82, 2.24) is 15.8 Å². The molecule has 1 aliphatic heterocycles. The van der Waals surface area contributed by atoms with Crippen molar-refractivity contribution in [2.24, 2.45) is 0 Å². The monoisotopic (exact) mass is 195 g/mol. The van der Waals surface area contributed by atoms with Crippen LogP contribution in [-0.4, -0.2) is 23.7 Å². The summed E-state index contributed by atoms with van der Waals surface area (Å²) in [6.07, 6.45) is 0.920. The molecule has 5 heteroatoms. The maximum atomic E-state index is 11.4. The van der Waals surface area contributed by atoms with Gasteiger partial charge in [-0.2, -0.15) is 0 Å². The fraction of sp³-hybridized carbons (Fsp3) is 0.556. The minimum atomic E-state index is -0.0111. The molecule has 1 amide bonds. The van der Waals surface area contributed by atoms with Gasteiger partial charge in [-0.1, -0.05) is 5.16 Å². The van der Waals surface area contributed by atoms with Gasteiger partial charge in [0.2, 0.25) is 5.91 Å². The Morgan fingerprint density at radius 1 is 1.86 bits per heavy atom. The van der Waals surface area contributed by atoms with E-state index in [0.29, 0.717) is 6.54 Å². The summed E-state index contributed by atoms with van der Waals surface area (Å²) in [5.74, 6) is 0.799. The molecule has 0 aliphatic carbocycles. The van der Waals surface area contributed by atoms with Gasteiger partial charge in [0.1, 0.15) is 11.5 Å². The van der Waals surface area contributed by atoms with E-state index in [2.05, 4.69) is 15.8 Å². The SMILES string of the molecule is Cc1cc(CNC(=O)[C@H]2CCN2)no1. The molecule has 0 unspecified atom stereocenters. The molecule has 1 saturated heterocycles. The van der Waals surface area contributed by atoms with E-state index >= 15 is 0 Å². The number of nitrogens with zero attached hydrogens (tertiary/aromatic N) is 1. The molecule has 1 atom stereocenters. The highest BCUT2D eigenvalue weighted by Gasteiger charge is 2.23. The minimum absolute atomic E-state index is 0.0111. The standard InChI is InChI=1S/C9H13N3O2/c1-6-4-7(12-14-6)5-11-9(13)8-2-3-10-8/h4,8,10H,2-3,5H2,1H3,(H,11,13)/t8-/m1/s1. The van der Waals surface area contributed by atoms with E-state index in [0.717, 1.165) is 24.4 Å². The van der Waals surface area contributed by atoms with Gasteiger partial charge in [0.15, 0.2) is 0 Å².